The van der Waals surface area contributed by atoms with Gasteiger partial charge in [-0.3, -0.25) is 4.79 Å². The van der Waals surface area contributed by atoms with Gasteiger partial charge in [0.15, 0.2) is 0 Å². The fourth-order valence-corrected chi connectivity index (χ4v) is 2.06. The zero-order valence-electron chi connectivity index (χ0n) is 8.60. The first-order valence-corrected chi connectivity index (χ1v) is 5.11. The molecule has 0 aliphatic carbocycles. The largest absolute Gasteiger partial charge is 0.369 e. The molecule has 5 heteroatoms. The van der Waals surface area contributed by atoms with Gasteiger partial charge in [-0.2, -0.15) is 0 Å². The highest BCUT2D eigenvalue weighted by Crippen LogP contribution is 2.29. The summed E-state index contributed by atoms with van der Waals surface area (Å²) in [5.41, 5.74) is 7.25. The molecule has 1 heterocycles. The van der Waals surface area contributed by atoms with Crippen molar-refractivity contribution >= 4 is 28.4 Å². The fraction of sp³-hybridized carbons (Fsp3) is 0.182. The Morgan fingerprint density at radius 3 is 2.88 bits per heavy atom. The van der Waals surface area contributed by atoms with E-state index >= 15 is 0 Å². The van der Waals surface area contributed by atoms with Gasteiger partial charge < -0.3 is 10.7 Å². The topological polar surface area (TPSA) is 58.9 Å². The Morgan fingerprint density at radius 2 is 2.25 bits per heavy atom. The van der Waals surface area contributed by atoms with Crippen molar-refractivity contribution in [2.75, 3.05) is 0 Å². The van der Waals surface area contributed by atoms with Crippen LogP contribution in [0.2, 0.25) is 5.02 Å². The van der Waals surface area contributed by atoms with Crippen molar-refractivity contribution in [3.05, 3.63) is 34.2 Å². The van der Waals surface area contributed by atoms with Crippen molar-refractivity contribution in [3.8, 4) is 0 Å². The number of aromatic nitrogens is 1. The second-order valence-corrected chi connectivity index (χ2v) is 4.09. The number of aromatic amines is 1. The maximum Gasteiger partial charge on any atom is 0.221 e. The number of hydrogen-bond acceptors (Lipinski definition) is 1. The third-order valence-corrected chi connectivity index (χ3v) is 2.79. The molecule has 16 heavy (non-hydrogen) atoms. The van der Waals surface area contributed by atoms with Gasteiger partial charge in [0.05, 0.1) is 17.0 Å². The second-order valence-electron chi connectivity index (χ2n) is 3.68. The van der Waals surface area contributed by atoms with Gasteiger partial charge in [-0.25, -0.2) is 4.39 Å². The van der Waals surface area contributed by atoms with Gasteiger partial charge in [-0.1, -0.05) is 11.6 Å². The molecular weight excluding hydrogens is 231 g/mol. The van der Waals surface area contributed by atoms with Crippen molar-refractivity contribution in [2.45, 2.75) is 13.3 Å². The molecule has 3 N–H and O–H groups in total. The van der Waals surface area contributed by atoms with E-state index in [4.69, 9.17) is 17.3 Å². The summed E-state index contributed by atoms with van der Waals surface area (Å²) in [6, 6.07) is 2.58. The number of nitrogens with one attached hydrogen (secondary N) is 1. The summed E-state index contributed by atoms with van der Waals surface area (Å²) in [4.78, 5) is 13.9. The highest BCUT2D eigenvalue weighted by molar-refractivity contribution is 6.35. The van der Waals surface area contributed by atoms with Crippen molar-refractivity contribution < 1.29 is 9.18 Å². The molecule has 0 bridgehead atoms. The molecule has 0 spiro atoms. The first-order chi connectivity index (χ1) is 7.49. The molecule has 0 radical (unpaired) electrons. The van der Waals surface area contributed by atoms with E-state index in [-0.39, 0.29) is 6.42 Å². The van der Waals surface area contributed by atoms with Gasteiger partial charge in [0.2, 0.25) is 5.91 Å². The van der Waals surface area contributed by atoms with E-state index in [2.05, 4.69) is 4.98 Å². The van der Waals surface area contributed by atoms with Crippen molar-refractivity contribution in [3.63, 3.8) is 0 Å². The molecule has 0 atom stereocenters. The Labute approximate surface area is 96.4 Å². The van der Waals surface area contributed by atoms with Gasteiger partial charge in [0.1, 0.15) is 5.82 Å². The molecule has 0 unspecified atom stereocenters. The van der Waals surface area contributed by atoms with Gasteiger partial charge in [-0.05, 0) is 24.6 Å². The fourth-order valence-electron chi connectivity index (χ4n) is 1.81. The Kier molecular flexibility index (Phi) is 2.59. The molecule has 2 rings (SSSR count). The second kappa shape index (κ2) is 3.79. The number of halogens is 2. The van der Waals surface area contributed by atoms with Crippen LogP contribution in [0.3, 0.4) is 0 Å². The van der Waals surface area contributed by atoms with Gasteiger partial charge in [-0.15, -0.1) is 0 Å². The number of primary amides is 1. The number of hydrogen-bond donors (Lipinski definition) is 2. The average molecular weight is 241 g/mol. The molecule has 1 aromatic carbocycles. The zero-order valence-corrected chi connectivity index (χ0v) is 9.36. The third kappa shape index (κ3) is 1.76. The predicted molar refractivity (Wildman–Crippen MR) is 60.9 cm³/mol. The number of benzene rings is 1. The lowest BCUT2D eigenvalue weighted by atomic mass is 10.1. The number of fused-ring (bicyclic) bond motifs is 1. The molecule has 0 aliphatic heterocycles. The van der Waals surface area contributed by atoms with Gasteiger partial charge in [0, 0.05) is 11.1 Å². The van der Waals surface area contributed by atoms with E-state index < -0.39 is 11.7 Å². The van der Waals surface area contributed by atoms with E-state index in [1.165, 1.54) is 12.1 Å². The Bertz CT molecular complexity index is 577. The minimum atomic E-state index is -0.454. The van der Waals surface area contributed by atoms with Crippen LogP contribution < -0.4 is 5.73 Å². The average Bonchev–Trinajstić information content (AvgIpc) is 2.45. The summed E-state index contributed by atoms with van der Waals surface area (Å²) >= 11 is 5.90. The SMILES string of the molecule is Cc1[nH]c2c(Cl)cc(F)cc2c1CC(N)=O. The summed E-state index contributed by atoms with van der Waals surface area (Å²) < 4.78 is 13.2. The number of aryl methyl sites for hydroxylation is 1. The van der Waals surface area contributed by atoms with Crippen molar-refractivity contribution in [2.24, 2.45) is 5.73 Å². The van der Waals surface area contributed by atoms with Crippen LogP contribution in [0.25, 0.3) is 10.9 Å². The molecule has 0 aliphatic rings. The Morgan fingerprint density at radius 1 is 1.56 bits per heavy atom. The van der Waals surface area contributed by atoms with Crippen LogP contribution in [0, 0.1) is 12.7 Å². The van der Waals surface area contributed by atoms with Gasteiger partial charge >= 0.3 is 0 Å². The van der Waals surface area contributed by atoms with Crippen LogP contribution in [0.5, 0.6) is 0 Å². The van der Waals surface area contributed by atoms with Crippen LogP contribution in [-0.2, 0) is 11.2 Å². The smallest absolute Gasteiger partial charge is 0.221 e. The van der Waals surface area contributed by atoms with Crippen LogP contribution in [-0.4, -0.2) is 10.9 Å². The van der Waals surface area contributed by atoms with E-state index in [1.807, 2.05) is 0 Å². The van der Waals surface area contributed by atoms with Crippen LogP contribution in [0.15, 0.2) is 12.1 Å². The quantitative estimate of drug-likeness (QED) is 0.831. The van der Waals surface area contributed by atoms with E-state index in [9.17, 15) is 9.18 Å². The highest BCUT2D eigenvalue weighted by Gasteiger charge is 2.13. The Balaban J connectivity index is 2.73. The van der Waals surface area contributed by atoms with E-state index in [0.29, 0.717) is 21.5 Å². The normalized spacial score (nSPS) is 10.9. The number of carbonyl (C=O) groups excluding carboxylic acids is 1. The first kappa shape index (κ1) is 11.0. The summed E-state index contributed by atoms with van der Waals surface area (Å²) in [6.45, 7) is 1.80. The van der Waals surface area contributed by atoms with E-state index in [1.54, 1.807) is 6.92 Å². The van der Waals surface area contributed by atoms with Crippen molar-refractivity contribution in [1.82, 2.24) is 4.98 Å². The standard InChI is InChI=1S/C11H10ClFN2O/c1-5-7(4-10(14)16)8-2-6(13)3-9(12)11(8)15-5/h2-3,15H,4H2,1H3,(H2,14,16). The molecule has 0 saturated carbocycles. The van der Waals surface area contributed by atoms with Crippen molar-refractivity contribution in [1.29, 1.82) is 0 Å². The number of carbonyl (C=O) groups is 1. The van der Waals surface area contributed by atoms with Crippen LogP contribution >= 0.6 is 11.6 Å². The van der Waals surface area contributed by atoms with Crippen LogP contribution in [0.1, 0.15) is 11.3 Å². The number of rotatable bonds is 2. The summed E-state index contributed by atoms with van der Waals surface area (Å²) in [6.07, 6.45) is 0.0750. The first-order valence-electron chi connectivity index (χ1n) is 4.73. The number of amides is 1. The molecule has 1 aromatic heterocycles. The molecule has 1 amide bonds. The minimum absolute atomic E-state index is 0.0750. The molecule has 84 valence electrons. The maximum atomic E-state index is 13.2. The summed E-state index contributed by atoms with van der Waals surface area (Å²) in [5, 5.41) is 0.912. The molecule has 3 nitrogen and oxygen atoms in total. The van der Waals surface area contributed by atoms with Gasteiger partial charge in [0.25, 0.3) is 0 Å². The third-order valence-electron chi connectivity index (χ3n) is 2.50. The lowest BCUT2D eigenvalue weighted by molar-refractivity contribution is -0.117. The lowest BCUT2D eigenvalue weighted by Crippen LogP contribution is -2.14. The summed E-state index contributed by atoms with van der Waals surface area (Å²) in [7, 11) is 0. The van der Waals surface area contributed by atoms with Crippen LogP contribution in [0.4, 0.5) is 4.39 Å². The molecule has 0 saturated heterocycles. The van der Waals surface area contributed by atoms with E-state index in [0.717, 1.165) is 5.69 Å². The molecular formula is C11H10ClFN2O. The molecule has 0 fully saturated rings. The maximum absolute atomic E-state index is 13.2. The minimum Gasteiger partial charge on any atom is -0.369 e. The lowest BCUT2D eigenvalue weighted by Gasteiger charge is -1.98. The highest BCUT2D eigenvalue weighted by atomic mass is 35.5. The monoisotopic (exact) mass is 240 g/mol. The molecule has 2 aromatic rings. The number of H-pyrrole nitrogens is 1. The Hall–Kier alpha value is -1.55. The predicted octanol–water partition coefficient (Wildman–Crippen LogP) is 2.30. The zero-order chi connectivity index (χ0) is 11.9. The summed E-state index contributed by atoms with van der Waals surface area (Å²) in [5.74, 6) is -0.883. The number of nitrogens with two attached hydrogens (primary N) is 1.